The molecule has 0 radical (unpaired) electrons. The van der Waals surface area contributed by atoms with Crippen LogP contribution in [0, 0.1) is 5.92 Å². The molecule has 0 aromatic heterocycles. The Balaban J connectivity index is 2.15. The van der Waals surface area contributed by atoms with Crippen LogP contribution in [0.15, 0.2) is 48.6 Å². The maximum atomic E-state index is 6.17. The van der Waals surface area contributed by atoms with E-state index in [9.17, 15) is 0 Å². The highest BCUT2D eigenvalue weighted by Crippen LogP contribution is 2.30. The lowest BCUT2D eigenvalue weighted by atomic mass is 9.77. The lowest BCUT2D eigenvalue weighted by Gasteiger charge is -2.37. The smallest absolute Gasteiger partial charge is 0.0311 e. The number of nitrogens with one attached hydrogen (secondary N) is 1. The van der Waals surface area contributed by atoms with Crippen molar-refractivity contribution in [1.82, 2.24) is 5.32 Å². The summed E-state index contributed by atoms with van der Waals surface area (Å²) in [7, 11) is 0. The summed E-state index contributed by atoms with van der Waals surface area (Å²) in [4.78, 5) is 0. The van der Waals surface area contributed by atoms with Crippen molar-refractivity contribution >= 4 is 0 Å². The van der Waals surface area contributed by atoms with Crippen LogP contribution in [0.25, 0.3) is 0 Å². The van der Waals surface area contributed by atoms with Gasteiger partial charge in [0.25, 0.3) is 0 Å². The highest BCUT2D eigenvalue weighted by molar-refractivity contribution is 5.37. The van der Waals surface area contributed by atoms with Gasteiger partial charge in [-0.05, 0) is 18.9 Å². The Labute approximate surface area is 97.6 Å². The Morgan fingerprint density at radius 2 is 2.44 bits per heavy atom. The van der Waals surface area contributed by atoms with Crippen LogP contribution < -0.4 is 11.1 Å². The molecule has 4 unspecified atom stereocenters. The first-order valence-corrected chi connectivity index (χ1v) is 5.91. The fourth-order valence-electron chi connectivity index (χ4n) is 2.49. The van der Waals surface area contributed by atoms with Gasteiger partial charge in [-0.15, -0.1) is 6.58 Å². The van der Waals surface area contributed by atoms with Crippen molar-refractivity contribution in [3.8, 4) is 0 Å². The van der Waals surface area contributed by atoms with Crippen LogP contribution >= 0.6 is 0 Å². The summed E-state index contributed by atoms with van der Waals surface area (Å²) in [5, 5.41) is 3.57. The molecule has 0 amide bonds. The number of hydrogen-bond acceptors (Lipinski definition) is 2. The molecule has 0 saturated carbocycles. The Morgan fingerprint density at radius 3 is 3.19 bits per heavy atom. The minimum absolute atomic E-state index is 0.125. The van der Waals surface area contributed by atoms with E-state index >= 15 is 0 Å². The van der Waals surface area contributed by atoms with Gasteiger partial charge in [-0.2, -0.15) is 0 Å². The molecule has 16 heavy (non-hydrogen) atoms. The van der Waals surface area contributed by atoms with Gasteiger partial charge in [0, 0.05) is 24.0 Å². The summed E-state index contributed by atoms with van der Waals surface area (Å²) in [5.74, 6) is 0.400. The van der Waals surface area contributed by atoms with Gasteiger partial charge in [-0.3, -0.25) is 0 Å². The molecule has 2 aliphatic rings. The van der Waals surface area contributed by atoms with Crippen LogP contribution in [0.2, 0.25) is 0 Å². The van der Waals surface area contributed by atoms with Crippen LogP contribution in [0.3, 0.4) is 0 Å². The molecule has 0 bridgehead atoms. The van der Waals surface area contributed by atoms with Gasteiger partial charge >= 0.3 is 0 Å². The third-order valence-electron chi connectivity index (χ3n) is 3.39. The molecule has 0 fully saturated rings. The van der Waals surface area contributed by atoms with Crippen LogP contribution in [0.1, 0.15) is 13.3 Å². The molecule has 4 atom stereocenters. The number of rotatable bonds is 3. The van der Waals surface area contributed by atoms with E-state index in [-0.39, 0.29) is 6.04 Å². The zero-order chi connectivity index (χ0) is 11.5. The van der Waals surface area contributed by atoms with Gasteiger partial charge in [0.1, 0.15) is 0 Å². The van der Waals surface area contributed by atoms with E-state index in [0.717, 1.165) is 6.42 Å². The van der Waals surface area contributed by atoms with E-state index in [2.05, 4.69) is 49.2 Å². The van der Waals surface area contributed by atoms with Crippen molar-refractivity contribution < 1.29 is 0 Å². The third-order valence-corrected chi connectivity index (χ3v) is 3.39. The van der Waals surface area contributed by atoms with Crippen molar-refractivity contribution in [3.05, 3.63) is 48.6 Å². The quantitative estimate of drug-likeness (QED) is 0.707. The summed E-state index contributed by atoms with van der Waals surface area (Å²) < 4.78 is 0. The van der Waals surface area contributed by atoms with Gasteiger partial charge in [0.15, 0.2) is 0 Å². The van der Waals surface area contributed by atoms with Crippen molar-refractivity contribution in [1.29, 1.82) is 0 Å². The van der Waals surface area contributed by atoms with E-state index in [0.29, 0.717) is 18.0 Å². The highest BCUT2D eigenvalue weighted by Gasteiger charge is 2.31. The van der Waals surface area contributed by atoms with Crippen LogP contribution in [0.5, 0.6) is 0 Å². The largest absolute Gasteiger partial charge is 0.324 e. The minimum atomic E-state index is 0.125. The molecule has 3 N–H and O–H groups in total. The minimum Gasteiger partial charge on any atom is -0.324 e. The van der Waals surface area contributed by atoms with Gasteiger partial charge in [0.2, 0.25) is 0 Å². The van der Waals surface area contributed by atoms with Gasteiger partial charge in [-0.1, -0.05) is 36.5 Å². The zero-order valence-corrected chi connectivity index (χ0v) is 9.77. The molecular formula is C14H20N2. The van der Waals surface area contributed by atoms with E-state index in [1.54, 1.807) is 0 Å². The molecule has 2 aliphatic carbocycles. The fraction of sp³-hybridized carbons (Fsp3) is 0.429. The highest BCUT2D eigenvalue weighted by atomic mass is 15.0. The summed E-state index contributed by atoms with van der Waals surface area (Å²) in [6, 6.07) is 0.875. The van der Waals surface area contributed by atoms with Gasteiger partial charge in [-0.25, -0.2) is 0 Å². The molecule has 0 aromatic rings. The average molecular weight is 216 g/mol. The van der Waals surface area contributed by atoms with Crippen LogP contribution in [0.4, 0.5) is 0 Å². The first kappa shape index (κ1) is 11.4. The maximum absolute atomic E-state index is 6.17. The van der Waals surface area contributed by atoms with Crippen molar-refractivity contribution in [2.75, 3.05) is 0 Å². The predicted octanol–water partition coefficient (Wildman–Crippen LogP) is 1.92. The number of hydrogen-bond donors (Lipinski definition) is 2. The summed E-state index contributed by atoms with van der Waals surface area (Å²) in [5.41, 5.74) is 7.51. The Kier molecular flexibility index (Phi) is 3.42. The Hall–Kier alpha value is -1.12. The molecule has 0 aliphatic heterocycles. The predicted molar refractivity (Wildman–Crippen MR) is 69.0 cm³/mol. The lowest BCUT2D eigenvalue weighted by molar-refractivity contribution is 0.351. The van der Waals surface area contributed by atoms with Gasteiger partial charge in [0.05, 0.1) is 0 Å². The van der Waals surface area contributed by atoms with Crippen molar-refractivity contribution in [2.45, 2.75) is 31.5 Å². The Bertz CT molecular complexity index is 352. The normalized spacial score (nSPS) is 34.1. The lowest BCUT2D eigenvalue weighted by Crippen LogP contribution is -2.49. The number of allylic oxidation sites excluding steroid dienone is 3. The monoisotopic (exact) mass is 216 g/mol. The standard InChI is InChI=1S/C14H20N2/c1-3-10(2)16-13-9-5-7-11-6-4-8-12(15)14(11)13/h3-8,10,12-14,16H,1,9,15H2,2H3. The van der Waals surface area contributed by atoms with Gasteiger partial charge < -0.3 is 11.1 Å². The maximum Gasteiger partial charge on any atom is 0.0311 e. The zero-order valence-electron chi connectivity index (χ0n) is 9.77. The van der Waals surface area contributed by atoms with E-state index in [1.807, 2.05) is 6.08 Å². The number of fused-ring (bicyclic) bond motifs is 1. The van der Waals surface area contributed by atoms with E-state index in [4.69, 9.17) is 5.73 Å². The molecule has 0 heterocycles. The molecule has 0 saturated heterocycles. The summed E-state index contributed by atoms with van der Waals surface area (Å²) in [6.07, 6.45) is 13.7. The fourth-order valence-corrected chi connectivity index (χ4v) is 2.49. The SMILES string of the molecule is C=CC(C)NC1CC=CC2=CC=CC(N)C21. The molecule has 0 aromatic carbocycles. The first-order valence-electron chi connectivity index (χ1n) is 5.91. The molecule has 2 heteroatoms. The second kappa shape index (κ2) is 4.81. The van der Waals surface area contributed by atoms with Crippen molar-refractivity contribution in [2.24, 2.45) is 11.7 Å². The van der Waals surface area contributed by atoms with Crippen LogP contribution in [-0.2, 0) is 0 Å². The molecule has 86 valence electrons. The first-order chi connectivity index (χ1) is 7.72. The van der Waals surface area contributed by atoms with E-state index < -0.39 is 0 Å². The molecule has 0 spiro atoms. The second-order valence-electron chi connectivity index (χ2n) is 4.59. The summed E-state index contributed by atoms with van der Waals surface area (Å²) in [6.45, 7) is 5.93. The Morgan fingerprint density at radius 1 is 1.62 bits per heavy atom. The number of nitrogens with two attached hydrogens (primary N) is 1. The summed E-state index contributed by atoms with van der Waals surface area (Å²) >= 11 is 0. The topological polar surface area (TPSA) is 38.0 Å². The average Bonchev–Trinajstić information content (AvgIpc) is 2.29. The molecule has 2 rings (SSSR count). The molecular weight excluding hydrogens is 196 g/mol. The molecule has 2 nitrogen and oxygen atoms in total. The second-order valence-corrected chi connectivity index (χ2v) is 4.59. The van der Waals surface area contributed by atoms with Crippen molar-refractivity contribution in [3.63, 3.8) is 0 Å². The van der Waals surface area contributed by atoms with E-state index in [1.165, 1.54) is 5.57 Å². The third kappa shape index (κ3) is 2.18. The van der Waals surface area contributed by atoms with Crippen LogP contribution in [-0.4, -0.2) is 18.1 Å².